The van der Waals surface area contributed by atoms with Crippen LogP contribution in [0.4, 0.5) is 5.82 Å². The zero-order valence-corrected chi connectivity index (χ0v) is 13.6. The summed E-state index contributed by atoms with van der Waals surface area (Å²) in [4.78, 5) is 4.27. The molecule has 0 radical (unpaired) electrons. The average molecular weight is 311 g/mol. The van der Waals surface area contributed by atoms with Crippen molar-refractivity contribution in [2.45, 2.75) is 43.9 Å². The summed E-state index contributed by atoms with van der Waals surface area (Å²) in [5, 5.41) is 2.82. The van der Waals surface area contributed by atoms with E-state index in [2.05, 4.69) is 21.9 Å². The van der Waals surface area contributed by atoms with Crippen molar-refractivity contribution in [3.05, 3.63) is 18.3 Å². The molecular formula is C15H25N3O2S. The highest BCUT2D eigenvalue weighted by atomic mass is 32.2. The van der Waals surface area contributed by atoms with Crippen molar-refractivity contribution in [2.75, 3.05) is 18.9 Å². The van der Waals surface area contributed by atoms with Crippen LogP contribution in [-0.2, 0) is 10.0 Å². The van der Waals surface area contributed by atoms with Crippen molar-refractivity contribution in [3.63, 3.8) is 0 Å². The third-order valence-electron chi connectivity index (χ3n) is 4.40. The van der Waals surface area contributed by atoms with E-state index >= 15 is 0 Å². The lowest BCUT2D eigenvalue weighted by molar-refractivity contribution is 0.270. The lowest BCUT2D eigenvalue weighted by Crippen LogP contribution is -2.31. The number of pyridine rings is 1. The predicted octanol–water partition coefficient (Wildman–Crippen LogP) is 2.62. The first-order chi connectivity index (χ1) is 10.1. The second kappa shape index (κ2) is 7.22. The first kappa shape index (κ1) is 16.2. The van der Waals surface area contributed by atoms with Crippen LogP contribution >= 0.6 is 0 Å². The van der Waals surface area contributed by atoms with Crippen molar-refractivity contribution >= 4 is 15.8 Å². The van der Waals surface area contributed by atoms with Gasteiger partial charge in [-0.2, -0.15) is 0 Å². The summed E-state index contributed by atoms with van der Waals surface area (Å²) in [6, 6.07) is 3.22. The maximum atomic E-state index is 12.4. The molecule has 0 aliphatic heterocycles. The minimum absolute atomic E-state index is 0.217. The van der Waals surface area contributed by atoms with Gasteiger partial charge in [0, 0.05) is 19.8 Å². The normalized spacial score (nSPS) is 23.0. The number of aromatic nitrogens is 1. The highest BCUT2D eigenvalue weighted by molar-refractivity contribution is 7.89. The molecule has 2 rings (SSSR count). The molecule has 5 nitrogen and oxygen atoms in total. The van der Waals surface area contributed by atoms with Gasteiger partial charge in [-0.1, -0.05) is 26.2 Å². The van der Waals surface area contributed by atoms with Crippen molar-refractivity contribution in [2.24, 2.45) is 11.8 Å². The Kier molecular flexibility index (Phi) is 5.58. The van der Waals surface area contributed by atoms with Gasteiger partial charge in [0.2, 0.25) is 10.0 Å². The second-order valence-corrected chi connectivity index (χ2v) is 7.48. The van der Waals surface area contributed by atoms with Crippen LogP contribution in [0, 0.1) is 11.8 Å². The average Bonchev–Trinajstić information content (AvgIpc) is 2.53. The molecule has 1 aromatic heterocycles. The summed E-state index contributed by atoms with van der Waals surface area (Å²) in [6.45, 7) is 2.76. The third-order valence-corrected chi connectivity index (χ3v) is 5.86. The van der Waals surface area contributed by atoms with Crippen molar-refractivity contribution in [1.82, 2.24) is 9.71 Å². The van der Waals surface area contributed by atoms with Crippen LogP contribution in [0.5, 0.6) is 0 Å². The molecule has 1 aliphatic carbocycles. The van der Waals surface area contributed by atoms with Crippen molar-refractivity contribution in [3.8, 4) is 0 Å². The Morgan fingerprint density at radius 1 is 1.24 bits per heavy atom. The number of sulfonamides is 1. The van der Waals surface area contributed by atoms with E-state index in [0.717, 1.165) is 18.8 Å². The first-order valence-corrected chi connectivity index (χ1v) is 9.17. The Bertz CT molecular complexity index is 552. The van der Waals surface area contributed by atoms with E-state index < -0.39 is 10.0 Å². The van der Waals surface area contributed by atoms with Gasteiger partial charge in [0.25, 0.3) is 0 Å². The predicted molar refractivity (Wildman–Crippen MR) is 84.7 cm³/mol. The zero-order valence-electron chi connectivity index (χ0n) is 12.8. The lowest BCUT2D eigenvalue weighted by atomic mass is 9.81. The highest BCUT2D eigenvalue weighted by Crippen LogP contribution is 2.30. The van der Waals surface area contributed by atoms with Gasteiger partial charge in [-0.3, -0.25) is 0 Å². The van der Waals surface area contributed by atoms with Gasteiger partial charge >= 0.3 is 0 Å². The monoisotopic (exact) mass is 311 g/mol. The first-order valence-electron chi connectivity index (χ1n) is 7.69. The topological polar surface area (TPSA) is 71.1 Å². The fourth-order valence-electron chi connectivity index (χ4n) is 2.94. The Balaban J connectivity index is 1.96. The summed E-state index contributed by atoms with van der Waals surface area (Å²) >= 11 is 0. The van der Waals surface area contributed by atoms with E-state index in [4.69, 9.17) is 0 Å². The van der Waals surface area contributed by atoms with Gasteiger partial charge in [0.1, 0.15) is 10.7 Å². The molecule has 1 fully saturated rings. The molecule has 1 aliphatic rings. The highest BCUT2D eigenvalue weighted by Gasteiger charge is 2.23. The maximum Gasteiger partial charge on any atom is 0.244 e. The van der Waals surface area contributed by atoms with Crippen LogP contribution in [0.3, 0.4) is 0 Å². The zero-order chi connectivity index (χ0) is 15.3. The van der Waals surface area contributed by atoms with Gasteiger partial charge in [-0.25, -0.2) is 18.1 Å². The van der Waals surface area contributed by atoms with E-state index in [1.165, 1.54) is 19.3 Å². The molecule has 2 N–H and O–H groups in total. The molecule has 0 aromatic carbocycles. The third kappa shape index (κ3) is 4.17. The standard InChI is InChI=1S/C15H25N3O2S/c1-3-12-6-8-13(9-7-12)11-18-21(19,20)14-5-4-10-17-15(14)16-2/h4-5,10,12-13,18H,3,6-9,11H2,1-2H3,(H,16,17). The van der Waals surface area contributed by atoms with Crippen LogP contribution in [0.1, 0.15) is 39.0 Å². The largest absolute Gasteiger partial charge is 0.372 e. The molecule has 0 spiro atoms. The molecular weight excluding hydrogens is 286 g/mol. The molecule has 0 amide bonds. The summed E-state index contributed by atoms with van der Waals surface area (Å²) in [7, 11) is -1.82. The molecule has 1 saturated carbocycles. The number of hydrogen-bond acceptors (Lipinski definition) is 4. The number of rotatable bonds is 6. The van der Waals surface area contributed by atoms with E-state index in [1.54, 1.807) is 25.4 Å². The molecule has 0 atom stereocenters. The summed E-state index contributed by atoms with van der Waals surface area (Å²) in [6.07, 6.45) is 7.49. The summed E-state index contributed by atoms with van der Waals surface area (Å²) < 4.78 is 27.5. The van der Waals surface area contributed by atoms with Crippen LogP contribution in [0.15, 0.2) is 23.2 Å². The molecule has 1 aromatic rings. The van der Waals surface area contributed by atoms with Gasteiger partial charge in [0.05, 0.1) is 0 Å². The van der Waals surface area contributed by atoms with Crippen molar-refractivity contribution < 1.29 is 8.42 Å². The number of hydrogen-bond donors (Lipinski definition) is 2. The SMILES string of the molecule is CCC1CCC(CNS(=O)(=O)c2cccnc2NC)CC1. The lowest BCUT2D eigenvalue weighted by Gasteiger charge is -2.27. The van der Waals surface area contributed by atoms with Gasteiger partial charge < -0.3 is 5.32 Å². The molecule has 118 valence electrons. The van der Waals surface area contributed by atoms with Gasteiger partial charge in [-0.15, -0.1) is 0 Å². The molecule has 0 bridgehead atoms. The Hall–Kier alpha value is -1.14. The van der Waals surface area contributed by atoms with Crippen molar-refractivity contribution in [1.29, 1.82) is 0 Å². The Morgan fingerprint density at radius 2 is 1.90 bits per heavy atom. The van der Waals surface area contributed by atoms with Crippen LogP contribution in [-0.4, -0.2) is 27.0 Å². The van der Waals surface area contributed by atoms with Crippen LogP contribution in [0.2, 0.25) is 0 Å². The summed E-state index contributed by atoms with van der Waals surface area (Å²) in [5.41, 5.74) is 0. The second-order valence-electron chi connectivity index (χ2n) is 5.75. The van der Waals surface area contributed by atoms with E-state index in [1.807, 2.05) is 0 Å². The van der Waals surface area contributed by atoms with E-state index in [0.29, 0.717) is 18.3 Å². The maximum absolute atomic E-state index is 12.4. The summed E-state index contributed by atoms with van der Waals surface area (Å²) in [5.74, 6) is 1.67. The minimum Gasteiger partial charge on any atom is -0.372 e. The van der Waals surface area contributed by atoms with Gasteiger partial charge in [-0.05, 0) is 36.8 Å². The minimum atomic E-state index is -3.50. The molecule has 1 heterocycles. The molecule has 0 saturated heterocycles. The number of anilines is 1. The van der Waals surface area contributed by atoms with Crippen LogP contribution < -0.4 is 10.0 Å². The van der Waals surface area contributed by atoms with Gasteiger partial charge in [0.15, 0.2) is 0 Å². The fraction of sp³-hybridized carbons (Fsp3) is 0.667. The molecule has 21 heavy (non-hydrogen) atoms. The van der Waals surface area contributed by atoms with E-state index in [-0.39, 0.29) is 4.90 Å². The quantitative estimate of drug-likeness (QED) is 0.847. The number of nitrogens with zero attached hydrogens (tertiary/aromatic N) is 1. The Labute approximate surface area is 127 Å². The van der Waals surface area contributed by atoms with E-state index in [9.17, 15) is 8.42 Å². The van der Waals surface area contributed by atoms with Crippen LogP contribution in [0.25, 0.3) is 0 Å². The molecule has 6 heteroatoms. The smallest absolute Gasteiger partial charge is 0.244 e. The number of nitrogens with one attached hydrogen (secondary N) is 2. The fourth-order valence-corrected chi connectivity index (χ4v) is 4.22. The molecule has 0 unspecified atom stereocenters. The Morgan fingerprint density at radius 3 is 2.52 bits per heavy atom.